The lowest BCUT2D eigenvalue weighted by molar-refractivity contribution is -0.121. The van der Waals surface area contributed by atoms with E-state index in [1.165, 1.54) is 19.3 Å². The maximum Gasteiger partial charge on any atom is 0.230 e. The molecule has 1 N–H and O–H groups in total. The number of nitrogens with zero attached hydrogens (tertiary/aromatic N) is 2. The first-order valence-electron chi connectivity index (χ1n) is 8.52. The molecule has 22 heavy (non-hydrogen) atoms. The first kappa shape index (κ1) is 13.8. The molecule has 2 fully saturated rings. The highest BCUT2D eigenvalue weighted by atomic mass is 16.2. The van der Waals surface area contributed by atoms with Gasteiger partial charge in [-0.1, -0.05) is 25.5 Å². The van der Waals surface area contributed by atoms with Gasteiger partial charge in [0.2, 0.25) is 11.9 Å². The van der Waals surface area contributed by atoms with E-state index in [1.807, 2.05) is 18.2 Å². The average Bonchev–Trinajstić information content (AvgIpc) is 3.22. The van der Waals surface area contributed by atoms with Gasteiger partial charge in [-0.3, -0.25) is 10.1 Å². The lowest BCUT2D eigenvalue weighted by atomic mass is 9.88. The van der Waals surface area contributed by atoms with E-state index in [0.29, 0.717) is 5.92 Å². The summed E-state index contributed by atoms with van der Waals surface area (Å²) in [7, 11) is 0. The molecule has 1 aromatic carbocycles. The normalized spacial score (nSPS) is 26.7. The zero-order valence-corrected chi connectivity index (χ0v) is 13.1. The first-order valence-corrected chi connectivity index (χ1v) is 8.52. The van der Waals surface area contributed by atoms with Gasteiger partial charge in [0.25, 0.3) is 0 Å². The second-order valence-electron chi connectivity index (χ2n) is 6.85. The van der Waals surface area contributed by atoms with Crippen LogP contribution in [0.4, 0.5) is 5.95 Å². The maximum atomic E-state index is 12.7. The number of imidazole rings is 1. The van der Waals surface area contributed by atoms with Crippen molar-refractivity contribution in [1.29, 1.82) is 0 Å². The SMILES string of the molecule is CCCn1c(NC(=O)[C@@H]2C[C@H]3CC[C@H]2C3)nc2ccccc21. The molecule has 116 valence electrons. The number of fused-ring (bicyclic) bond motifs is 3. The van der Waals surface area contributed by atoms with Crippen molar-refractivity contribution in [3.63, 3.8) is 0 Å². The predicted octanol–water partition coefficient (Wildman–Crippen LogP) is 3.82. The molecule has 0 saturated heterocycles. The molecule has 2 saturated carbocycles. The summed E-state index contributed by atoms with van der Waals surface area (Å²) in [6, 6.07) is 8.10. The highest BCUT2D eigenvalue weighted by Crippen LogP contribution is 2.48. The van der Waals surface area contributed by atoms with Crippen LogP contribution in [-0.4, -0.2) is 15.5 Å². The number of amides is 1. The number of aromatic nitrogens is 2. The van der Waals surface area contributed by atoms with Crippen molar-refractivity contribution in [3.8, 4) is 0 Å². The first-order chi connectivity index (χ1) is 10.8. The van der Waals surface area contributed by atoms with Crippen LogP contribution in [-0.2, 0) is 11.3 Å². The number of aryl methyl sites for hydroxylation is 1. The van der Waals surface area contributed by atoms with Gasteiger partial charge in [-0.15, -0.1) is 0 Å². The van der Waals surface area contributed by atoms with Crippen LogP contribution < -0.4 is 5.32 Å². The zero-order valence-electron chi connectivity index (χ0n) is 13.1. The molecule has 4 rings (SSSR count). The minimum Gasteiger partial charge on any atom is -0.310 e. The van der Waals surface area contributed by atoms with Gasteiger partial charge < -0.3 is 4.57 Å². The average molecular weight is 297 g/mol. The number of carbonyl (C=O) groups excluding carboxylic acids is 1. The molecule has 3 atom stereocenters. The van der Waals surface area contributed by atoms with E-state index in [0.717, 1.165) is 42.3 Å². The summed E-state index contributed by atoms with van der Waals surface area (Å²) in [6.45, 7) is 3.03. The van der Waals surface area contributed by atoms with E-state index in [2.05, 4.69) is 27.9 Å². The Morgan fingerprint density at radius 3 is 2.91 bits per heavy atom. The van der Waals surface area contributed by atoms with Crippen molar-refractivity contribution < 1.29 is 4.79 Å². The molecule has 2 bridgehead atoms. The number of hydrogen-bond donors (Lipinski definition) is 1. The Morgan fingerprint density at radius 2 is 2.18 bits per heavy atom. The van der Waals surface area contributed by atoms with E-state index < -0.39 is 0 Å². The summed E-state index contributed by atoms with van der Waals surface area (Å²) in [5.41, 5.74) is 2.06. The van der Waals surface area contributed by atoms with Gasteiger partial charge in [0.15, 0.2) is 0 Å². The standard InChI is InChI=1S/C18H23N3O/c1-2-9-21-16-6-4-3-5-15(16)19-18(21)20-17(22)14-11-12-7-8-13(14)10-12/h3-6,12-14H,2,7-11H2,1H3,(H,19,20,22)/t12-,13-,14+/m0/s1. The number of anilines is 1. The number of benzene rings is 1. The number of hydrogen-bond acceptors (Lipinski definition) is 2. The van der Waals surface area contributed by atoms with Gasteiger partial charge >= 0.3 is 0 Å². The van der Waals surface area contributed by atoms with E-state index in [-0.39, 0.29) is 11.8 Å². The highest BCUT2D eigenvalue weighted by molar-refractivity contribution is 5.93. The largest absolute Gasteiger partial charge is 0.310 e. The Labute approximate surface area is 130 Å². The number of para-hydroxylation sites is 2. The monoisotopic (exact) mass is 297 g/mol. The predicted molar refractivity (Wildman–Crippen MR) is 87.6 cm³/mol. The second kappa shape index (κ2) is 5.41. The maximum absolute atomic E-state index is 12.7. The Bertz CT molecular complexity index is 705. The minimum atomic E-state index is 0.180. The summed E-state index contributed by atoms with van der Waals surface area (Å²) in [6.07, 6.45) is 5.91. The van der Waals surface area contributed by atoms with Crippen LogP contribution in [0.25, 0.3) is 11.0 Å². The summed E-state index contributed by atoms with van der Waals surface area (Å²) in [5.74, 6) is 2.49. The van der Waals surface area contributed by atoms with E-state index in [4.69, 9.17) is 0 Å². The summed E-state index contributed by atoms with van der Waals surface area (Å²) >= 11 is 0. The second-order valence-corrected chi connectivity index (χ2v) is 6.85. The molecule has 2 aromatic rings. The third kappa shape index (κ3) is 2.21. The lowest BCUT2D eigenvalue weighted by Crippen LogP contribution is -2.28. The third-order valence-electron chi connectivity index (χ3n) is 5.41. The van der Waals surface area contributed by atoms with Crippen LogP contribution in [0.1, 0.15) is 39.0 Å². The third-order valence-corrected chi connectivity index (χ3v) is 5.41. The van der Waals surface area contributed by atoms with E-state index in [9.17, 15) is 4.79 Å². The van der Waals surface area contributed by atoms with Crippen LogP contribution in [0, 0.1) is 17.8 Å². The molecule has 1 aromatic heterocycles. The molecule has 0 aliphatic heterocycles. The fraction of sp³-hybridized carbons (Fsp3) is 0.556. The molecule has 1 heterocycles. The molecular weight excluding hydrogens is 274 g/mol. The molecule has 0 radical (unpaired) electrons. The topological polar surface area (TPSA) is 46.9 Å². The minimum absolute atomic E-state index is 0.180. The van der Waals surface area contributed by atoms with Crippen molar-refractivity contribution in [3.05, 3.63) is 24.3 Å². The zero-order chi connectivity index (χ0) is 15.1. The number of rotatable bonds is 4. The highest BCUT2D eigenvalue weighted by Gasteiger charge is 2.43. The van der Waals surface area contributed by atoms with Gasteiger partial charge in [-0.2, -0.15) is 0 Å². The van der Waals surface area contributed by atoms with Gasteiger partial charge in [0.05, 0.1) is 11.0 Å². The van der Waals surface area contributed by atoms with Crippen LogP contribution >= 0.6 is 0 Å². The van der Waals surface area contributed by atoms with Gasteiger partial charge in [-0.05, 0) is 49.7 Å². The molecular formula is C18H23N3O. The molecule has 0 unspecified atom stereocenters. The Hall–Kier alpha value is -1.84. The van der Waals surface area contributed by atoms with Gasteiger partial charge in [0.1, 0.15) is 0 Å². The summed E-state index contributed by atoms with van der Waals surface area (Å²) < 4.78 is 2.14. The lowest BCUT2D eigenvalue weighted by Gasteiger charge is -2.20. The van der Waals surface area contributed by atoms with Crippen molar-refractivity contribution in [2.24, 2.45) is 17.8 Å². The quantitative estimate of drug-likeness (QED) is 0.932. The summed E-state index contributed by atoms with van der Waals surface area (Å²) in [5, 5.41) is 3.12. The van der Waals surface area contributed by atoms with Crippen molar-refractivity contribution in [2.45, 2.75) is 45.6 Å². The van der Waals surface area contributed by atoms with Gasteiger partial charge in [0, 0.05) is 12.5 Å². The van der Waals surface area contributed by atoms with Crippen LogP contribution in [0.5, 0.6) is 0 Å². The molecule has 0 spiro atoms. The Balaban J connectivity index is 1.60. The molecule has 2 aliphatic rings. The van der Waals surface area contributed by atoms with E-state index in [1.54, 1.807) is 0 Å². The van der Waals surface area contributed by atoms with Crippen LogP contribution in [0.2, 0.25) is 0 Å². The molecule has 4 nitrogen and oxygen atoms in total. The number of carbonyl (C=O) groups is 1. The Morgan fingerprint density at radius 1 is 1.32 bits per heavy atom. The van der Waals surface area contributed by atoms with Gasteiger partial charge in [-0.25, -0.2) is 4.98 Å². The molecule has 4 heteroatoms. The van der Waals surface area contributed by atoms with Crippen molar-refractivity contribution >= 4 is 22.9 Å². The number of nitrogens with one attached hydrogen (secondary N) is 1. The Kier molecular flexibility index (Phi) is 3.40. The smallest absolute Gasteiger partial charge is 0.230 e. The molecule has 1 amide bonds. The van der Waals surface area contributed by atoms with E-state index >= 15 is 0 Å². The molecule has 2 aliphatic carbocycles. The van der Waals surface area contributed by atoms with Crippen molar-refractivity contribution in [1.82, 2.24) is 9.55 Å². The van der Waals surface area contributed by atoms with Crippen LogP contribution in [0.15, 0.2) is 24.3 Å². The summed E-state index contributed by atoms with van der Waals surface area (Å²) in [4.78, 5) is 17.3. The fourth-order valence-electron chi connectivity index (χ4n) is 4.39. The fourth-order valence-corrected chi connectivity index (χ4v) is 4.39. The van der Waals surface area contributed by atoms with Crippen molar-refractivity contribution in [2.75, 3.05) is 5.32 Å². The van der Waals surface area contributed by atoms with Crippen LogP contribution in [0.3, 0.4) is 0 Å².